The molecule has 100 valence electrons. The zero-order valence-electron chi connectivity index (χ0n) is 10.7. The van der Waals surface area contributed by atoms with Gasteiger partial charge >= 0.3 is 0 Å². The van der Waals surface area contributed by atoms with Crippen molar-refractivity contribution < 1.29 is 9.47 Å². The predicted molar refractivity (Wildman–Crippen MR) is 80.9 cm³/mol. The van der Waals surface area contributed by atoms with Gasteiger partial charge in [-0.05, 0) is 52.7 Å². The van der Waals surface area contributed by atoms with Gasteiger partial charge in [0.15, 0.2) is 11.5 Å². The third-order valence-electron chi connectivity index (χ3n) is 2.49. The highest BCUT2D eigenvalue weighted by Crippen LogP contribution is 2.35. The number of halogens is 1. The molecule has 0 saturated carbocycles. The van der Waals surface area contributed by atoms with Crippen LogP contribution in [-0.4, -0.2) is 6.61 Å². The quantitative estimate of drug-likeness (QED) is 0.818. The number of benzene rings is 2. The Labute approximate surface area is 121 Å². The summed E-state index contributed by atoms with van der Waals surface area (Å²) >= 11 is 3.44. The second-order valence-corrected chi connectivity index (χ2v) is 4.94. The first kappa shape index (κ1) is 13.7. The lowest BCUT2D eigenvalue weighted by atomic mass is 10.3. The summed E-state index contributed by atoms with van der Waals surface area (Å²) in [4.78, 5) is 0. The maximum absolute atomic E-state index is 5.86. The molecule has 0 atom stereocenters. The van der Waals surface area contributed by atoms with Crippen LogP contribution < -0.4 is 15.2 Å². The average Bonchev–Trinajstić information content (AvgIpc) is 2.41. The van der Waals surface area contributed by atoms with Gasteiger partial charge in [-0.25, -0.2) is 0 Å². The van der Waals surface area contributed by atoms with Gasteiger partial charge < -0.3 is 15.2 Å². The summed E-state index contributed by atoms with van der Waals surface area (Å²) < 4.78 is 12.3. The zero-order valence-corrected chi connectivity index (χ0v) is 12.3. The molecule has 2 N–H and O–H groups in total. The van der Waals surface area contributed by atoms with Crippen molar-refractivity contribution in [2.45, 2.75) is 13.3 Å². The third kappa shape index (κ3) is 3.64. The van der Waals surface area contributed by atoms with Crippen LogP contribution in [0.1, 0.15) is 13.3 Å². The van der Waals surface area contributed by atoms with E-state index in [9.17, 15) is 0 Å². The van der Waals surface area contributed by atoms with Crippen LogP contribution in [0, 0.1) is 0 Å². The largest absolute Gasteiger partial charge is 0.490 e. The van der Waals surface area contributed by atoms with Gasteiger partial charge in [-0.15, -0.1) is 0 Å². The van der Waals surface area contributed by atoms with Crippen LogP contribution in [0.25, 0.3) is 0 Å². The highest BCUT2D eigenvalue weighted by molar-refractivity contribution is 9.10. The molecule has 0 aromatic heterocycles. The van der Waals surface area contributed by atoms with Gasteiger partial charge in [0.1, 0.15) is 5.75 Å². The molecule has 0 aliphatic rings. The summed E-state index contributed by atoms with van der Waals surface area (Å²) in [7, 11) is 0. The Kier molecular flexibility index (Phi) is 4.68. The molecule has 2 aromatic rings. The summed E-state index contributed by atoms with van der Waals surface area (Å²) in [5, 5.41) is 0. The highest BCUT2D eigenvalue weighted by atomic mass is 79.9. The van der Waals surface area contributed by atoms with Crippen molar-refractivity contribution in [1.29, 1.82) is 0 Å². The van der Waals surface area contributed by atoms with Crippen molar-refractivity contribution in [3.63, 3.8) is 0 Å². The van der Waals surface area contributed by atoms with Crippen LogP contribution in [0.5, 0.6) is 17.2 Å². The SMILES string of the molecule is CCCOc1ccccc1Oc1ccc(N)cc1Br. The first-order valence-electron chi connectivity index (χ1n) is 6.15. The lowest BCUT2D eigenvalue weighted by Crippen LogP contribution is -1.97. The Hall–Kier alpha value is -1.68. The molecule has 0 unspecified atom stereocenters. The van der Waals surface area contributed by atoms with Crippen LogP contribution in [0.15, 0.2) is 46.9 Å². The molecule has 19 heavy (non-hydrogen) atoms. The number of anilines is 1. The summed E-state index contributed by atoms with van der Waals surface area (Å²) in [5.74, 6) is 2.15. The second-order valence-electron chi connectivity index (χ2n) is 4.09. The standard InChI is InChI=1S/C15H16BrNO2/c1-2-9-18-14-5-3-4-6-15(14)19-13-8-7-11(17)10-12(13)16/h3-8,10H,2,9,17H2,1H3. The van der Waals surface area contributed by atoms with Gasteiger partial charge in [-0.2, -0.15) is 0 Å². The summed E-state index contributed by atoms with van der Waals surface area (Å²) in [6, 6.07) is 13.1. The lowest BCUT2D eigenvalue weighted by Gasteiger charge is -2.13. The minimum atomic E-state index is 0.670. The molecule has 2 rings (SSSR count). The van der Waals surface area contributed by atoms with Crippen molar-refractivity contribution in [2.24, 2.45) is 0 Å². The fourth-order valence-electron chi connectivity index (χ4n) is 1.58. The smallest absolute Gasteiger partial charge is 0.169 e. The molecule has 2 aromatic carbocycles. The van der Waals surface area contributed by atoms with Crippen molar-refractivity contribution in [2.75, 3.05) is 12.3 Å². The average molecular weight is 322 g/mol. The Morgan fingerprint density at radius 3 is 2.47 bits per heavy atom. The molecule has 3 nitrogen and oxygen atoms in total. The number of hydrogen-bond acceptors (Lipinski definition) is 3. The Morgan fingerprint density at radius 1 is 1.05 bits per heavy atom. The first-order chi connectivity index (χ1) is 9.20. The van der Waals surface area contributed by atoms with Crippen LogP contribution in [0.3, 0.4) is 0 Å². The lowest BCUT2D eigenvalue weighted by molar-refractivity contribution is 0.302. The van der Waals surface area contributed by atoms with E-state index in [4.69, 9.17) is 15.2 Å². The Bertz CT molecular complexity index is 558. The number of para-hydroxylation sites is 2. The molecule has 0 amide bonds. The van der Waals surface area contributed by atoms with Crippen LogP contribution in [0.4, 0.5) is 5.69 Å². The van der Waals surface area contributed by atoms with Gasteiger partial charge in [0.2, 0.25) is 0 Å². The predicted octanol–water partition coefficient (Wildman–Crippen LogP) is 4.61. The molecular formula is C15H16BrNO2. The van der Waals surface area contributed by atoms with E-state index in [2.05, 4.69) is 22.9 Å². The van der Waals surface area contributed by atoms with Gasteiger partial charge in [-0.3, -0.25) is 0 Å². The van der Waals surface area contributed by atoms with E-state index in [0.717, 1.165) is 16.6 Å². The molecule has 0 aliphatic carbocycles. The van der Waals surface area contributed by atoms with Gasteiger partial charge in [0.05, 0.1) is 11.1 Å². The van der Waals surface area contributed by atoms with Crippen LogP contribution in [0.2, 0.25) is 0 Å². The molecule has 0 fully saturated rings. The number of ether oxygens (including phenoxy) is 2. The van der Waals surface area contributed by atoms with E-state index >= 15 is 0 Å². The number of hydrogen-bond donors (Lipinski definition) is 1. The number of nitrogen functional groups attached to an aromatic ring is 1. The number of rotatable bonds is 5. The van der Waals surface area contributed by atoms with Gasteiger partial charge in [0, 0.05) is 5.69 Å². The molecule has 0 heterocycles. The van der Waals surface area contributed by atoms with Crippen molar-refractivity contribution in [1.82, 2.24) is 0 Å². The van der Waals surface area contributed by atoms with Gasteiger partial charge in [-0.1, -0.05) is 19.1 Å². The third-order valence-corrected chi connectivity index (χ3v) is 3.11. The number of nitrogens with two attached hydrogens (primary N) is 1. The van der Waals surface area contributed by atoms with Crippen LogP contribution >= 0.6 is 15.9 Å². The summed E-state index contributed by atoms with van der Waals surface area (Å²) in [6.07, 6.45) is 0.958. The fraction of sp³-hybridized carbons (Fsp3) is 0.200. The molecule has 0 bridgehead atoms. The maximum Gasteiger partial charge on any atom is 0.169 e. The molecule has 0 aliphatic heterocycles. The normalized spacial score (nSPS) is 10.2. The van der Waals surface area contributed by atoms with E-state index in [1.54, 1.807) is 6.07 Å². The van der Waals surface area contributed by atoms with Gasteiger partial charge in [0.25, 0.3) is 0 Å². The van der Waals surface area contributed by atoms with Crippen molar-refractivity contribution in [3.05, 3.63) is 46.9 Å². The summed E-state index contributed by atoms with van der Waals surface area (Å²) in [5.41, 5.74) is 6.40. The second kappa shape index (κ2) is 6.48. The van der Waals surface area contributed by atoms with E-state index in [0.29, 0.717) is 23.8 Å². The van der Waals surface area contributed by atoms with Crippen molar-refractivity contribution in [3.8, 4) is 17.2 Å². The topological polar surface area (TPSA) is 44.5 Å². The molecule has 0 spiro atoms. The van der Waals surface area contributed by atoms with E-state index in [1.165, 1.54) is 0 Å². The molecular weight excluding hydrogens is 306 g/mol. The Morgan fingerprint density at radius 2 is 1.79 bits per heavy atom. The van der Waals surface area contributed by atoms with E-state index in [-0.39, 0.29) is 0 Å². The van der Waals surface area contributed by atoms with E-state index in [1.807, 2.05) is 36.4 Å². The Balaban J connectivity index is 2.22. The minimum Gasteiger partial charge on any atom is -0.490 e. The fourth-order valence-corrected chi connectivity index (χ4v) is 2.06. The molecule has 0 radical (unpaired) electrons. The maximum atomic E-state index is 5.86. The molecule has 4 heteroatoms. The van der Waals surface area contributed by atoms with Crippen molar-refractivity contribution >= 4 is 21.6 Å². The van der Waals surface area contributed by atoms with E-state index < -0.39 is 0 Å². The summed E-state index contributed by atoms with van der Waals surface area (Å²) in [6.45, 7) is 2.74. The first-order valence-corrected chi connectivity index (χ1v) is 6.94. The van der Waals surface area contributed by atoms with Crippen LogP contribution in [-0.2, 0) is 0 Å². The molecule has 0 saturated heterocycles. The zero-order chi connectivity index (χ0) is 13.7. The minimum absolute atomic E-state index is 0.670. The highest BCUT2D eigenvalue weighted by Gasteiger charge is 2.08. The monoisotopic (exact) mass is 321 g/mol.